The number of benzene rings is 1. The fourth-order valence-corrected chi connectivity index (χ4v) is 4.26. The number of carbonyl (C=O) groups is 1. The van der Waals surface area contributed by atoms with Gasteiger partial charge in [0, 0.05) is 11.8 Å². The van der Waals surface area contributed by atoms with Crippen molar-refractivity contribution in [3.63, 3.8) is 0 Å². The van der Waals surface area contributed by atoms with Gasteiger partial charge in [-0.25, -0.2) is 15.0 Å². The van der Waals surface area contributed by atoms with Crippen molar-refractivity contribution in [2.24, 2.45) is 0 Å². The predicted molar refractivity (Wildman–Crippen MR) is 142 cm³/mol. The molecule has 2 aromatic heterocycles. The Kier molecular flexibility index (Phi) is 7.38. The van der Waals surface area contributed by atoms with Crippen LogP contribution in [0.5, 0.6) is 0 Å². The Balaban J connectivity index is 1.19. The van der Waals surface area contributed by atoms with Crippen LogP contribution in [0.2, 0.25) is 0 Å². The van der Waals surface area contributed by atoms with Gasteiger partial charge in [-0.3, -0.25) is 4.79 Å². The maximum absolute atomic E-state index is 13.2. The monoisotopic (exact) mass is 535 g/mol. The van der Waals surface area contributed by atoms with Gasteiger partial charge in [0.2, 0.25) is 5.95 Å². The SMILES string of the molecule is CC1(C)OB(c2ccc(CO[C@H]3COC[C@@H]3NC(=O)c3nc(-c4ccc(F)nc4)cnc3N)cc2)OC1(C)C. The molecule has 2 fully saturated rings. The third-order valence-corrected chi connectivity index (χ3v) is 7.35. The Morgan fingerprint density at radius 2 is 1.79 bits per heavy atom. The van der Waals surface area contributed by atoms with Crippen molar-refractivity contribution >= 4 is 24.3 Å². The summed E-state index contributed by atoms with van der Waals surface area (Å²) in [4.78, 5) is 25.0. The van der Waals surface area contributed by atoms with E-state index in [2.05, 4.69) is 20.3 Å². The molecule has 3 aromatic rings. The Bertz CT molecular complexity index is 1320. The van der Waals surface area contributed by atoms with Crippen LogP contribution < -0.4 is 16.5 Å². The lowest BCUT2D eigenvalue weighted by atomic mass is 9.79. The third-order valence-electron chi connectivity index (χ3n) is 7.35. The summed E-state index contributed by atoms with van der Waals surface area (Å²) in [5.41, 5.74) is 7.83. The van der Waals surface area contributed by atoms with E-state index in [4.69, 9.17) is 24.5 Å². The third kappa shape index (κ3) is 5.79. The molecule has 39 heavy (non-hydrogen) atoms. The van der Waals surface area contributed by atoms with Crippen LogP contribution in [0.25, 0.3) is 11.3 Å². The van der Waals surface area contributed by atoms with Gasteiger partial charge in [0.25, 0.3) is 5.91 Å². The Hall–Kier alpha value is -3.45. The van der Waals surface area contributed by atoms with Gasteiger partial charge in [-0.1, -0.05) is 24.3 Å². The number of hydrogen-bond donors (Lipinski definition) is 2. The molecule has 2 aliphatic heterocycles. The minimum absolute atomic E-state index is 0.0233. The molecule has 204 valence electrons. The topological polar surface area (TPSA) is 131 Å². The number of anilines is 1. The molecule has 0 aliphatic carbocycles. The summed E-state index contributed by atoms with van der Waals surface area (Å²) in [5, 5.41) is 2.89. The number of nitrogens with two attached hydrogens (primary N) is 1. The van der Waals surface area contributed by atoms with E-state index in [0.29, 0.717) is 24.5 Å². The van der Waals surface area contributed by atoms with Crippen LogP contribution in [0.15, 0.2) is 48.8 Å². The Morgan fingerprint density at radius 3 is 2.46 bits per heavy atom. The lowest BCUT2D eigenvalue weighted by molar-refractivity contribution is 0.00578. The number of amides is 1. The van der Waals surface area contributed by atoms with E-state index in [9.17, 15) is 9.18 Å². The fourth-order valence-electron chi connectivity index (χ4n) is 4.26. The molecule has 3 N–H and O–H groups in total. The molecule has 2 saturated heterocycles. The molecular weight excluding hydrogens is 504 g/mol. The Morgan fingerprint density at radius 1 is 1.08 bits per heavy atom. The summed E-state index contributed by atoms with van der Waals surface area (Å²) >= 11 is 0. The van der Waals surface area contributed by atoms with E-state index in [1.54, 1.807) is 0 Å². The average Bonchev–Trinajstić information content (AvgIpc) is 3.43. The molecule has 0 unspecified atom stereocenters. The van der Waals surface area contributed by atoms with E-state index in [0.717, 1.165) is 11.0 Å². The van der Waals surface area contributed by atoms with Crippen molar-refractivity contribution in [1.82, 2.24) is 20.3 Å². The molecule has 2 atom stereocenters. The first-order valence-corrected chi connectivity index (χ1v) is 12.7. The van der Waals surface area contributed by atoms with E-state index < -0.39 is 36.2 Å². The van der Waals surface area contributed by atoms with Gasteiger partial charge < -0.3 is 29.8 Å². The standard InChI is InChI=1S/C27H31BFN5O5/c1-26(2)27(3,4)39-28(38-26)18-8-5-16(6-9-18)13-37-21-15-36-14-20(21)34-25(35)23-24(30)32-12-19(33-23)17-7-10-22(29)31-11-17/h5-12,20-21H,13-15H2,1-4H3,(H2,30,32)(H,34,35)/t20-,21-/m0/s1. The molecule has 4 heterocycles. The molecule has 0 saturated carbocycles. The Labute approximate surface area is 226 Å². The minimum Gasteiger partial charge on any atom is -0.399 e. The lowest BCUT2D eigenvalue weighted by Gasteiger charge is -2.32. The van der Waals surface area contributed by atoms with Crippen molar-refractivity contribution in [2.45, 2.75) is 57.6 Å². The smallest absolute Gasteiger partial charge is 0.399 e. The highest BCUT2D eigenvalue weighted by Crippen LogP contribution is 2.36. The summed E-state index contributed by atoms with van der Waals surface area (Å²) in [6.07, 6.45) is 2.35. The van der Waals surface area contributed by atoms with Crippen LogP contribution >= 0.6 is 0 Å². The molecule has 10 nitrogen and oxygen atoms in total. The molecule has 2 aliphatic rings. The first kappa shape index (κ1) is 27.1. The van der Waals surface area contributed by atoms with Gasteiger partial charge >= 0.3 is 7.12 Å². The first-order chi connectivity index (χ1) is 18.5. The molecule has 0 spiro atoms. The average molecular weight is 535 g/mol. The largest absolute Gasteiger partial charge is 0.494 e. The maximum Gasteiger partial charge on any atom is 0.494 e. The summed E-state index contributed by atoms with van der Waals surface area (Å²) in [6.45, 7) is 9.04. The van der Waals surface area contributed by atoms with Gasteiger partial charge in [-0.15, -0.1) is 0 Å². The van der Waals surface area contributed by atoms with Gasteiger partial charge in [0.1, 0.15) is 6.10 Å². The number of nitrogens with one attached hydrogen (secondary N) is 1. The van der Waals surface area contributed by atoms with Crippen LogP contribution in [-0.2, 0) is 25.4 Å². The number of hydrogen-bond acceptors (Lipinski definition) is 9. The number of nitrogens with zero attached hydrogens (tertiary/aromatic N) is 3. The number of halogens is 1. The van der Waals surface area contributed by atoms with Crippen LogP contribution in [0.1, 0.15) is 43.7 Å². The molecule has 5 rings (SSSR count). The van der Waals surface area contributed by atoms with Crippen molar-refractivity contribution in [2.75, 3.05) is 18.9 Å². The van der Waals surface area contributed by atoms with Crippen molar-refractivity contribution < 1.29 is 28.0 Å². The van der Waals surface area contributed by atoms with Crippen LogP contribution in [-0.4, -0.2) is 64.5 Å². The zero-order valence-corrected chi connectivity index (χ0v) is 22.3. The highest BCUT2D eigenvalue weighted by atomic mass is 19.1. The number of rotatable bonds is 7. The van der Waals surface area contributed by atoms with Crippen molar-refractivity contribution in [3.8, 4) is 11.3 Å². The van der Waals surface area contributed by atoms with E-state index in [1.807, 2.05) is 52.0 Å². The number of pyridine rings is 1. The summed E-state index contributed by atoms with van der Waals surface area (Å²) < 4.78 is 37.1. The van der Waals surface area contributed by atoms with Gasteiger partial charge in [-0.2, -0.15) is 4.39 Å². The first-order valence-electron chi connectivity index (χ1n) is 12.7. The second-order valence-electron chi connectivity index (χ2n) is 10.7. The van der Waals surface area contributed by atoms with E-state index in [1.165, 1.54) is 24.5 Å². The number of nitrogen functional groups attached to an aromatic ring is 1. The van der Waals surface area contributed by atoms with Gasteiger partial charge in [0.15, 0.2) is 11.5 Å². The van der Waals surface area contributed by atoms with E-state index in [-0.39, 0.29) is 24.2 Å². The van der Waals surface area contributed by atoms with Gasteiger partial charge in [-0.05, 0) is 50.9 Å². The van der Waals surface area contributed by atoms with Crippen LogP contribution in [0.3, 0.4) is 0 Å². The maximum atomic E-state index is 13.2. The molecule has 0 bridgehead atoms. The van der Waals surface area contributed by atoms with Crippen LogP contribution in [0.4, 0.5) is 10.2 Å². The fraction of sp³-hybridized carbons (Fsp3) is 0.407. The summed E-state index contributed by atoms with van der Waals surface area (Å²) in [5.74, 6) is -1.15. The predicted octanol–water partition coefficient (Wildman–Crippen LogP) is 2.27. The summed E-state index contributed by atoms with van der Waals surface area (Å²) in [6, 6.07) is 10.2. The normalized spacial score (nSPS) is 21.7. The quantitative estimate of drug-likeness (QED) is 0.346. The minimum atomic E-state index is -0.617. The molecule has 1 amide bonds. The number of ether oxygens (including phenoxy) is 2. The number of carbonyl (C=O) groups excluding carboxylic acids is 1. The highest BCUT2D eigenvalue weighted by molar-refractivity contribution is 6.62. The zero-order valence-electron chi connectivity index (χ0n) is 22.3. The van der Waals surface area contributed by atoms with Crippen molar-refractivity contribution in [1.29, 1.82) is 0 Å². The lowest BCUT2D eigenvalue weighted by Crippen LogP contribution is -2.44. The highest BCUT2D eigenvalue weighted by Gasteiger charge is 2.51. The molecular formula is C27H31BFN5O5. The zero-order chi connectivity index (χ0) is 27.8. The second kappa shape index (κ2) is 10.6. The molecule has 0 radical (unpaired) electrons. The molecule has 12 heteroatoms. The number of aromatic nitrogens is 3. The van der Waals surface area contributed by atoms with Crippen LogP contribution in [0, 0.1) is 5.95 Å². The summed E-state index contributed by atoms with van der Waals surface area (Å²) in [7, 11) is -0.429. The second-order valence-corrected chi connectivity index (χ2v) is 10.7. The van der Waals surface area contributed by atoms with E-state index >= 15 is 0 Å². The van der Waals surface area contributed by atoms with Gasteiger partial charge in [0.05, 0.1) is 49.0 Å². The molecule has 1 aromatic carbocycles. The van der Waals surface area contributed by atoms with Crippen molar-refractivity contribution in [3.05, 3.63) is 66.0 Å².